The molecule has 26 heavy (non-hydrogen) atoms. The average Bonchev–Trinajstić information content (AvgIpc) is 3.06. The molecule has 0 atom stereocenters. The first kappa shape index (κ1) is 20.2. The highest BCUT2D eigenvalue weighted by Gasteiger charge is 2.16. The molecule has 0 radical (unpaired) electrons. The van der Waals surface area contributed by atoms with Gasteiger partial charge in [-0.1, -0.05) is 0 Å². The van der Waals surface area contributed by atoms with Crippen molar-refractivity contribution in [2.45, 2.75) is 19.4 Å². The summed E-state index contributed by atoms with van der Waals surface area (Å²) < 4.78 is 17.1. The third-order valence-electron chi connectivity index (χ3n) is 3.86. The number of H-pyrrole nitrogens is 1. The van der Waals surface area contributed by atoms with Crippen LogP contribution in [0.3, 0.4) is 0 Å². The molecule has 2 aromatic heterocycles. The molecule has 0 fully saturated rings. The standard InChI is InChI=1S/C14H22N5O6P/c1-25-11(20)3-2-4-18(7-8-26(22,23)24)5-6-19-10-17-13-12(14(19)21)15-9-16-13/h9-10H,2-8H2,1H3,(H,15,16)(H2,22,23,24). The summed E-state index contributed by atoms with van der Waals surface area (Å²) in [5.74, 6) is -0.343. The Morgan fingerprint density at radius 3 is 2.81 bits per heavy atom. The monoisotopic (exact) mass is 387 g/mol. The zero-order chi connectivity index (χ0) is 19.2. The molecule has 0 aliphatic heterocycles. The van der Waals surface area contributed by atoms with E-state index >= 15 is 0 Å². The lowest BCUT2D eigenvalue weighted by Crippen LogP contribution is -2.34. The molecular weight excluding hydrogens is 365 g/mol. The Hall–Kier alpha value is -2.07. The molecule has 0 bridgehead atoms. The number of carbonyl (C=O) groups excluding carboxylic acids is 1. The van der Waals surface area contributed by atoms with Crippen molar-refractivity contribution >= 4 is 24.7 Å². The van der Waals surface area contributed by atoms with Crippen LogP contribution in [0.1, 0.15) is 12.8 Å². The van der Waals surface area contributed by atoms with Gasteiger partial charge in [-0.15, -0.1) is 0 Å². The predicted octanol–water partition coefficient (Wildman–Crippen LogP) is -0.448. The maximum absolute atomic E-state index is 12.3. The number of imidazole rings is 1. The van der Waals surface area contributed by atoms with Crippen LogP contribution in [0.5, 0.6) is 0 Å². The summed E-state index contributed by atoms with van der Waals surface area (Å²) in [5.41, 5.74) is 0.375. The molecule has 2 rings (SSSR count). The Kier molecular flexibility index (Phi) is 7.04. The number of aromatic amines is 1. The number of esters is 1. The number of aromatic nitrogens is 4. The largest absolute Gasteiger partial charge is 0.469 e. The quantitative estimate of drug-likeness (QED) is 0.364. The summed E-state index contributed by atoms with van der Waals surface area (Å²) in [6, 6.07) is 0. The zero-order valence-corrected chi connectivity index (χ0v) is 15.3. The highest BCUT2D eigenvalue weighted by atomic mass is 31.2. The summed E-state index contributed by atoms with van der Waals surface area (Å²) in [7, 11) is -2.83. The molecule has 0 aromatic carbocycles. The summed E-state index contributed by atoms with van der Waals surface area (Å²) >= 11 is 0. The molecule has 0 unspecified atom stereocenters. The van der Waals surface area contributed by atoms with Crippen molar-refractivity contribution in [1.29, 1.82) is 0 Å². The van der Waals surface area contributed by atoms with Gasteiger partial charge in [0.2, 0.25) is 0 Å². The van der Waals surface area contributed by atoms with Crippen molar-refractivity contribution in [3.05, 3.63) is 23.0 Å². The van der Waals surface area contributed by atoms with Crippen LogP contribution in [0.15, 0.2) is 17.4 Å². The first-order chi connectivity index (χ1) is 12.3. The average molecular weight is 387 g/mol. The van der Waals surface area contributed by atoms with Crippen molar-refractivity contribution < 1.29 is 23.9 Å². The Morgan fingerprint density at radius 1 is 1.35 bits per heavy atom. The highest BCUT2D eigenvalue weighted by molar-refractivity contribution is 7.51. The number of fused-ring (bicyclic) bond motifs is 1. The second-order valence-electron chi connectivity index (χ2n) is 5.75. The smallest absolute Gasteiger partial charge is 0.326 e. The number of nitrogens with zero attached hydrogens (tertiary/aromatic N) is 4. The van der Waals surface area contributed by atoms with Gasteiger partial charge in [0.1, 0.15) is 6.33 Å². The van der Waals surface area contributed by atoms with Gasteiger partial charge in [-0.05, 0) is 13.0 Å². The van der Waals surface area contributed by atoms with E-state index in [-0.39, 0.29) is 30.7 Å². The van der Waals surface area contributed by atoms with Crippen LogP contribution in [0.25, 0.3) is 11.2 Å². The highest BCUT2D eigenvalue weighted by Crippen LogP contribution is 2.33. The molecule has 2 heterocycles. The number of nitrogens with one attached hydrogen (secondary N) is 1. The van der Waals surface area contributed by atoms with Gasteiger partial charge in [-0.3, -0.25) is 18.7 Å². The van der Waals surface area contributed by atoms with Crippen LogP contribution in [-0.4, -0.2) is 73.1 Å². The summed E-state index contributed by atoms with van der Waals surface area (Å²) in [5, 5.41) is 0. The maximum Gasteiger partial charge on any atom is 0.326 e. The molecule has 0 saturated heterocycles. The van der Waals surface area contributed by atoms with E-state index in [1.54, 1.807) is 4.90 Å². The number of methoxy groups -OCH3 is 1. The van der Waals surface area contributed by atoms with E-state index in [4.69, 9.17) is 9.79 Å². The van der Waals surface area contributed by atoms with E-state index in [1.165, 1.54) is 24.3 Å². The number of carbonyl (C=O) groups is 1. The summed E-state index contributed by atoms with van der Waals surface area (Å²) in [4.78, 5) is 54.2. The lowest BCUT2D eigenvalue weighted by atomic mass is 10.3. The normalized spacial score (nSPS) is 12.0. The second-order valence-corrected chi connectivity index (χ2v) is 7.53. The maximum atomic E-state index is 12.3. The molecule has 3 N–H and O–H groups in total. The second kappa shape index (κ2) is 9.04. The number of hydrogen-bond acceptors (Lipinski definition) is 7. The molecule has 0 aliphatic rings. The van der Waals surface area contributed by atoms with E-state index < -0.39 is 7.60 Å². The topological polar surface area (TPSA) is 151 Å². The van der Waals surface area contributed by atoms with Crippen molar-refractivity contribution in [1.82, 2.24) is 24.4 Å². The number of hydrogen-bond donors (Lipinski definition) is 3. The molecule has 0 saturated carbocycles. The fraction of sp³-hybridized carbons (Fsp3) is 0.571. The zero-order valence-electron chi connectivity index (χ0n) is 14.4. The molecule has 0 aliphatic carbocycles. The first-order valence-electron chi connectivity index (χ1n) is 8.02. The van der Waals surface area contributed by atoms with E-state index in [2.05, 4.69) is 19.7 Å². The van der Waals surface area contributed by atoms with Crippen molar-refractivity contribution in [2.75, 3.05) is 32.9 Å². The van der Waals surface area contributed by atoms with Crippen molar-refractivity contribution in [3.63, 3.8) is 0 Å². The van der Waals surface area contributed by atoms with Crippen LogP contribution in [0.4, 0.5) is 0 Å². The fourth-order valence-corrected chi connectivity index (χ4v) is 2.97. The lowest BCUT2D eigenvalue weighted by molar-refractivity contribution is -0.140. The van der Waals surface area contributed by atoms with Gasteiger partial charge < -0.3 is 24.4 Å². The number of rotatable bonds is 10. The first-order valence-corrected chi connectivity index (χ1v) is 9.82. The van der Waals surface area contributed by atoms with Crippen LogP contribution in [-0.2, 0) is 20.6 Å². The molecule has 0 amide bonds. The lowest BCUT2D eigenvalue weighted by Gasteiger charge is -2.22. The minimum atomic E-state index is -4.13. The van der Waals surface area contributed by atoms with Crippen LogP contribution in [0, 0.1) is 0 Å². The van der Waals surface area contributed by atoms with Gasteiger partial charge in [0.05, 0.1) is 19.6 Å². The minimum absolute atomic E-state index is 0.153. The SMILES string of the molecule is COC(=O)CCCN(CCn1cnc2nc[nH]c2c1=O)CCP(=O)(O)O. The Balaban J connectivity index is 1.99. The number of ether oxygens (including phenoxy) is 1. The predicted molar refractivity (Wildman–Crippen MR) is 92.7 cm³/mol. The molecule has 0 spiro atoms. The van der Waals surface area contributed by atoms with Gasteiger partial charge in [-0.25, -0.2) is 9.97 Å². The molecular formula is C14H22N5O6P. The van der Waals surface area contributed by atoms with Gasteiger partial charge in [0, 0.05) is 26.1 Å². The van der Waals surface area contributed by atoms with Gasteiger partial charge in [0.25, 0.3) is 5.56 Å². The van der Waals surface area contributed by atoms with Crippen molar-refractivity contribution in [2.24, 2.45) is 0 Å². The minimum Gasteiger partial charge on any atom is -0.469 e. The van der Waals surface area contributed by atoms with E-state index in [0.717, 1.165) is 0 Å². The van der Waals surface area contributed by atoms with Crippen LogP contribution >= 0.6 is 7.60 Å². The molecule has 144 valence electrons. The van der Waals surface area contributed by atoms with E-state index in [9.17, 15) is 14.2 Å². The third-order valence-corrected chi connectivity index (χ3v) is 4.64. The van der Waals surface area contributed by atoms with Crippen LogP contribution in [0.2, 0.25) is 0 Å². The molecule has 12 heteroatoms. The van der Waals surface area contributed by atoms with Gasteiger partial charge in [-0.2, -0.15) is 0 Å². The Bertz CT molecular complexity index is 844. The van der Waals surface area contributed by atoms with Crippen molar-refractivity contribution in [3.8, 4) is 0 Å². The molecule has 11 nitrogen and oxygen atoms in total. The Labute approximate surface area is 149 Å². The fourth-order valence-electron chi connectivity index (χ4n) is 2.43. The molecule has 2 aromatic rings. The van der Waals surface area contributed by atoms with Gasteiger partial charge in [0.15, 0.2) is 11.2 Å². The van der Waals surface area contributed by atoms with Gasteiger partial charge >= 0.3 is 13.6 Å². The van der Waals surface area contributed by atoms with Crippen LogP contribution < -0.4 is 5.56 Å². The van der Waals surface area contributed by atoms with E-state index in [1.807, 2.05) is 0 Å². The summed E-state index contributed by atoms with van der Waals surface area (Å²) in [6.45, 7) is 1.27. The third kappa shape index (κ3) is 6.03. The summed E-state index contributed by atoms with van der Waals surface area (Å²) in [6.07, 6.45) is 3.19. The van der Waals surface area contributed by atoms with E-state index in [0.29, 0.717) is 37.2 Å². The Morgan fingerprint density at radius 2 is 2.12 bits per heavy atom.